The van der Waals surface area contributed by atoms with Gasteiger partial charge in [0.2, 0.25) is 5.79 Å². The summed E-state index contributed by atoms with van der Waals surface area (Å²) in [4.78, 5) is 2.36. The molecule has 0 amide bonds. The van der Waals surface area contributed by atoms with Crippen molar-refractivity contribution in [1.82, 2.24) is 4.90 Å². The quantitative estimate of drug-likeness (QED) is 0.726. The van der Waals surface area contributed by atoms with E-state index in [1.807, 2.05) is 0 Å². The van der Waals surface area contributed by atoms with Crippen molar-refractivity contribution in [3.63, 3.8) is 0 Å². The molecule has 4 unspecified atom stereocenters. The number of methoxy groups -OCH3 is 1. The van der Waals surface area contributed by atoms with Crippen LogP contribution in [0.3, 0.4) is 0 Å². The molecule has 2 saturated carbocycles. The van der Waals surface area contributed by atoms with E-state index in [-0.39, 0.29) is 23.5 Å². The number of piperidine rings is 1. The van der Waals surface area contributed by atoms with Crippen LogP contribution in [0.25, 0.3) is 0 Å². The lowest BCUT2D eigenvalue weighted by molar-refractivity contribution is -0.379. The maximum atomic E-state index is 12.4. The first-order valence-corrected chi connectivity index (χ1v) is 11.1. The molecule has 6 rings (SSSR count). The molecular formula is C23H33NO5. The molecule has 6 heteroatoms. The van der Waals surface area contributed by atoms with Gasteiger partial charge in [-0.05, 0) is 51.3 Å². The Kier molecular flexibility index (Phi) is 3.59. The molecule has 0 aromatic carbocycles. The summed E-state index contributed by atoms with van der Waals surface area (Å²) in [6.07, 6.45) is 7.40. The predicted molar refractivity (Wildman–Crippen MR) is 106 cm³/mol. The second-order valence-corrected chi connectivity index (χ2v) is 10.9. The van der Waals surface area contributed by atoms with E-state index in [9.17, 15) is 5.11 Å². The standard InChI is InChI=1S/C23H33NO5/c1-20(2)12-27-17-7-8-22(25)16-11-14-5-6-15(26-4)19-18(14)21(22,9-10-24(16)3)23(17,29-19)28-13-20/h5-6,14,16-18,25H,7-13H2,1-4H3/t14?,16-,17+,18?,21-,22?,23?/m1/s1. The second kappa shape index (κ2) is 5.58. The molecule has 160 valence electrons. The van der Waals surface area contributed by atoms with E-state index >= 15 is 0 Å². The van der Waals surface area contributed by atoms with Crippen LogP contribution < -0.4 is 0 Å². The first-order chi connectivity index (χ1) is 13.8. The third kappa shape index (κ3) is 1.98. The minimum absolute atomic E-state index is 0.0741. The van der Waals surface area contributed by atoms with Gasteiger partial charge in [-0.25, -0.2) is 0 Å². The van der Waals surface area contributed by atoms with Crippen LogP contribution in [0.4, 0.5) is 0 Å². The molecular weight excluding hydrogens is 370 g/mol. The van der Waals surface area contributed by atoms with Gasteiger partial charge in [0.25, 0.3) is 0 Å². The predicted octanol–water partition coefficient (Wildman–Crippen LogP) is 2.43. The molecule has 5 fully saturated rings. The lowest BCUT2D eigenvalue weighted by Gasteiger charge is -2.68. The van der Waals surface area contributed by atoms with Crippen molar-refractivity contribution in [2.24, 2.45) is 22.7 Å². The van der Waals surface area contributed by atoms with E-state index < -0.39 is 16.8 Å². The second-order valence-electron chi connectivity index (χ2n) is 10.9. The number of hydrogen-bond acceptors (Lipinski definition) is 6. The van der Waals surface area contributed by atoms with Crippen LogP contribution in [0.5, 0.6) is 0 Å². The van der Waals surface area contributed by atoms with Crippen molar-refractivity contribution in [1.29, 1.82) is 0 Å². The summed E-state index contributed by atoms with van der Waals surface area (Å²) in [7, 11) is 3.85. The Labute approximate surface area is 172 Å². The van der Waals surface area contributed by atoms with Crippen LogP contribution in [0.1, 0.15) is 39.5 Å². The first-order valence-electron chi connectivity index (χ1n) is 11.1. The first kappa shape index (κ1) is 18.7. The van der Waals surface area contributed by atoms with E-state index in [2.05, 4.69) is 37.9 Å². The summed E-state index contributed by atoms with van der Waals surface area (Å²) in [5, 5.41) is 12.4. The lowest BCUT2D eigenvalue weighted by Crippen LogP contribution is -2.80. The zero-order valence-electron chi connectivity index (χ0n) is 17.9. The molecule has 3 heterocycles. The minimum Gasteiger partial charge on any atom is -0.493 e. The summed E-state index contributed by atoms with van der Waals surface area (Å²) in [5.41, 5.74) is -1.47. The fourth-order valence-electron chi connectivity index (χ4n) is 7.63. The molecule has 0 radical (unpaired) electrons. The van der Waals surface area contributed by atoms with Crippen LogP contribution in [-0.4, -0.2) is 67.5 Å². The Bertz CT molecular complexity index is 807. The number of ether oxygens (including phenoxy) is 4. The third-order valence-electron chi connectivity index (χ3n) is 8.86. The molecule has 6 nitrogen and oxygen atoms in total. The molecule has 0 aromatic heterocycles. The van der Waals surface area contributed by atoms with Crippen molar-refractivity contribution in [2.45, 2.75) is 63.1 Å². The molecule has 3 aliphatic carbocycles. The Balaban J connectivity index is 1.61. The Hall–Kier alpha value is -1.08. The average Bonchev–Trinajstić information content (AvgIpc) is 2.92. The SMILES string of the molecule is COC1=C2OC34OCC(C)(C)CO[C@H]3CCC3(O)[C@H]5CC(C=C1)C2[C@]34CCN5C. The molecule has 2 bridgehead atoms. The highest BCUT2D eigenvalue weighted by Crippen LogP contribution is 2.74. The van der Waals surface area contributed by atoms with Gasteiger partial charge in [-0.15, -0.1) is 0 Å². The topological polar surface area (TPSA) is 60.4 Å². The van der Waals surface area contributed by atoms with Gasteiger partial charge < -0.3 is 29.0 Å². The monoisotopic (exact) mass is 403 g/mol. The molecule has 3 saturated heterocycles. The Morgan fingerprint density at radius 2 is 2.07 bits per heavy atom. The van der Waals surface area contributed by atoms with E-state index in [1.165, 1.54) is 0 Å². The number of allylic oxidation sites excluding steroid dienone is 3. The van der Waals surface area contributed by atoms with Crippen molar-refractivity contribution in [3.05, 3.63) is 23.7 Å². The summed E-state index contributed by atoms with van der Waals surface area (Å²) in [5.74, 6) is 1.08. The van der Waals surface area contributed by atoms with Crippen molar-refractivity contribution in [3.8, 4) is 0 Å². The Morgan fingerprint density at radius 3 is 2.86 bits per heavy atom. The molecule has 0 aromatic rings. The summed E-state index contributed by atoms with van der Waals surface area (Å²) < 4.78 is 25.9. The van der Waals surface area contributed by atoms with Crippen LogP contribution in [0.2, 0.25) is 0 Å². The fraction of sp³-hybridized carbons (Fsp3) is 0.826. The number of hydrogen-bond donors (Lipinski definition) is 1. The summed E-state index contributed by atoms with van der Waals surface area (Å²) in [6, 6.07) is 0.104. The largest absolute Gasteiger partial charge is 0.493 e. The highest BCUT2D eigenvalue weighted by molar-refractivity contribution is 5.40. The number of likely N-dealkylation sites (tertiary alicyclic amines) is 1. The van der Waals surface area contributed by atoms with Crippen molar-refractivity contribution >= 4 is 0 Å². The summed E-state index contributed by atoms with van der Waals surface area (Å²) in [6.45, 7) is 6.48. The van der Waals surface area contributed by atoms with Gasteiger partial charge in [-0.1, -0.05) is 19.9 Å². The van der Waals surface area contributed by atoms with Gasteiger partial charge in [-0.3, -0.25) is 0 Å². The van der Waals surface area contributed by atoms with Crippen molar-refractivity contribution in [2.75, 3.05) is 33.9 Å². The summed E-state index contributed by atoms with van der Waals surface area (Å²) >= 11 is 0. The van der Waals surface area contributed by atoms with Crippen molar-refractivity contribution < 1.29 is 24.1 Å². The van der Waals surface area contributed by atoms with Crippen LogP contribution in [-0.2, 0) is 18.9 Å². The van der Waals surface area contributed by atoms with E-state index in [0.29, 0.717) is 19.1 Å². The van der Waals surface area contributed by atoms with Crippen LogP contribution in [0.15, 0.2) is 23.7 Å². The molecule has 6 aliphatic rings. The van der Waals surface area contributed by atoms with Gasteiger partial charge in [0.15, 0.2) is 5.76 Å². The minimum atomic E-state index is -0.957. The highest BCUT2D eigenvalue weighted by atomic mass is 16.7. The zero-order valence-corrected chi connectivity index (χ0v) is 17.9. The molecule has 2 spiro atoms. The lowest BCUT2D eigenvalue weighted by atomic mass is 9.43. The number of rotatable bonds is 1. The maximum absolute atomic E-state index is 12.4. The smallest absolute Gasteiger partial charge is 0.246 e. The molecule has 29 heavy (non-hydrogen) atoms. The molecule has 3 aliphatic heterocycles. The number of nitrogens with zero attached hydrogens (tertiary/aromatic N) is 1. The van der Waals surface area contributed by atoms with E-state index in [1.54, 1.807) is 7.11 Å². The van der Waals surface area contributed by atoms with Gasteiger partial charge >= 0.3 is 0 Å². The Morgan fingerprint density at radius 1 is 1.24 bits per heavy atom. The zero-order chi connectivity index (χ0) is 20.2. The van der Waals surface area contributed by atoms with Crippen LogP contribution in [0, 0.1) is 22.7 Å². The van der Waals surface area contributed by atoms with Gasteiger partial charge in [0, 0.05) is 17.4 Å². The maximum Gasteiger partial charge on any atom is 0.246 e. The van der Waals surface area contributed by atoms with E-state index in [0.717, 1.165) is 43.7 Å². The molecule has 1 N–H and O–H groups in total. The van der Waals surface area contributed by atoms with Gasteiger partial charge in [-0.2, -0.15) is 0 Å². The molecule has 7 atom stereocenters. The van der Waals surface area contributed by atoms with E-state index in [4.69, 9.17) is 18.9 Å². The van der Waals surface area contributed by atoms with Gasteiger partial charge in [0.1, 0.15) is 11.9 Å². The number of aliphatic hydroxyl groups is 1. The highest BCUT2D eigenvalue weighted by Gasteiger charge is 2.84. The fourth-order valence-corrected chi connectivity index (χ4v) is 7.63. The van der Waals surface area contributed by atoms with Gasteiger partial charge in [0.05, 0.1) is 31.3 Å². The normalized spacial score (nSPS) is 52.3. The third-order valence-corrected chi connectivity index (χ3v) is 8.86. The van der Waals surface area contributed by atoms with Crippen LogP contribution >= 0.6 is 0 Å². The number of likely N-dealkylation sites (N-methyl/N-ethyl adjacent to an activating group) is 1. The average molecular weight is 404 g/mol.